The summed E-state index contributed by atoms with van der Waals surface area (Å²) in [6.07, 6.45) is -5.92. The maximum absolute atomic E-state index is 12.8. The molecule has 3 nitrogen and oxygen atoms in total. The molecule has 0 amide bonds. The number of hydrogen-bond acceptors (Lipinski definition) is 3. The fourth-order valence-corrected chi connectivity index (χ4v) is 1.45. The van der Waals surface area contributed by atoms with Crippen molar-refractivity contribution >= 4 is 0 Å². The van der Waals surface area contributed by atoms with Gasteiger partial charge >= 0.3 is 6.18 Å². The van der Waals surface area contributed by atoms with E-state index in [1.54, 1.807) is 0 Å². The van der Waals surface area contributed by atoms with Gasteiger partial charge in [-0.25, -0.2) is 0 Å². The first kappa shape index (κ1) is 13.8. The van der Waals surface area contributed by atoms with Crippen molar-refractivity contribution < 1.29 is 23.0 Å². The van der Waals surface area contributed by atoms with Crippen LogP contribution in [0.1, 0.15) is 24.2 Å². The third-order valence-corrected chi connectivity index (χ3v) is 2.38. The van der Waals surface area contributed by atoms with Crippen LogP contribution in [0.2, 0.25) is 0 Å². The molecule has 0 bridgehead atoms. The lowest BCUT2D eigenvalue weighted by Crippen LogP contribution is -2.26. The van der Waals surface area contributed by atoms with Gasteiger partial charge in [0.05, 0.1) is 18.8 Å². The van der Waals surface area contributed by atoms with Gasteiger partial charge in [-0.05, 0) is 24.6 Å². The number of nitrogens with two attached hydrogens (primary N) is 1. The highest BCUT2D eigenvalue weighted by atomic mass is 19.4. The largest absolute Gasteiger partial charge is 0.497 e. The second kappa shape index (κ2) is 4.93. The number of ether oxygens (including phenoxy) is 1. The molecule has 0 heterocycles. The van der Waals surface area contributed by atoms with Gasteiger partial charge in [-0.15, -0.1) is 0 Å². The van der Waals surface area contributed by atoms with Gasteiger partial charge in [0, 0.05) is 6.04 Å². The van der Waals surface area contributed by atoms with Crippen LogP contribution in [-0.2, 0) is 6.18 Å². The van der Waals surface area contributed by atoms with Crippen molar-refractivity contribution in [2.75, 3.05) is 7.11 Å². The number of hydrogen-bond donors (Lipinski definition) is 2. The second-order valence-electron chi connectivity index (χ2n) is 3.75. The lowest BCUT2D eigenvalue weighted by atomic mass is 9.97. The number of aliphatic hydroxyl groups is 1. The van der Waals surface area contributed by atoms with Crippen molar-refractivity contribution in [3.05, 3.63) is 29.3 Å². The Hall–Kier alpha value is -1.27. The zero-order valence-corrected chi connectivity index (χ0v) is 9.45. The minimum Gasteiger partial charge on any atom is -0.497 e. The molecular formula is C11H14F3NO2. The second-order valence-corrected chi connectivity index (χ2v) is 3.75. The van der Waals surface area contributed by atoms with Crippen LogP contribution >= 0.6 is 0 Å². The van der Waals surface area contributed by atoms with Gasteiger partial charge in [0.25, 0.3) is 0 Å². The Morgan fingerprint density at radius 1 is 1.35 bits per heavy atom. The van der Waals surface area contributed by atoms with Crippen molar-refractivity contribution in [1.29, 1.82) is 0 Å². The molecule has 0 aliphatic rings. The first-order chi connectivity index (χ1) is 7.77. The molecule has 2 atom stereocenters. The van der Waals surface area contributed by atoms with Crippen LogP contribution in [0.4, 0.5) is 13.2 Å². The zero-order valence-electron chi connectivity index (χ0n) is 9.45. The molecule has 0 saturated heterocycles. The fraction of sp³-hybridized carbons (Fsp3) is 0.455. The monoisotopic (exact) mass is 249 g/mol. The molecular weight excluding hydrogens is 235 g/mol. The summed E-state index contributed by atoms with van der Waals surface area (Å²) in [6.45, 7) is 1.44. The molecule has 0 fully saturated rings. The van der Waals surface area contributed by atoms with Crippen LogP contribution in [0.5, 0.6) is 5.75 Å². The number of alkyl halides is 3. The molecule has 0 aliphatic carbocycles. The predicted octanol–water partition coefficient (Wildman–Crippen LogP) is 2.09. The van der Waals surface area contributed by atoms with Crippen LogP contribution in [0.25, 0.3) is 0 Å². The van der Waals surface area contributed by atoms with Gasteiger partial charge in [0.2, 0.25) is 0 Å². The molecule has 96 valence electrons. The van der Waals surface area contributed by atoms with Crippen molar-refractivity contribution in [3.8, 4) is 5.75 Å². The van der Waals surface area contributed by atoms with E-state index in [1.807, 2.05) is 0 Å². The summed E-state index contributed by atoms with van der Waals surface area (Å²) in [4.78, 5) is 0. The summed E-state index contributed by atoms with van der Waals surface area (Å²) < 4.78 is 43.1. The fourth-order valence-electron chi connectivity index (χ4n) is 1.45. The molecule has 0 aromatic heterocycles. The van der Waals surface area contributed by atoms with E-state index < -0.39 is 23.9 Å². The molecule has 3 N–H and O–H groups in total. The number of rotatable bonds is 3. The lowest BCUT2D eigenvalue weighted by Gasteiger charge is -2.20. The predicted molar refractivity (Wildman–Crippen MR) is 56.6 cm³/mol. The minimum atomic E-state index is -4.56. The van der Waals surface area contributed by atoms with Crippen molar-refractivity contribution in [3.63, 3.8) is 0 Å². The van der Waals surface area contributed by atoms with Crippen LogP contribution < -0.4 is 10.5 Å². The summed E-state index contributed by atoms with van der Waals surface area (Å²) in [5, 5.41) is 9.64. The van der Waals surface area contributed by atoms with Crippen molar-refractivity contribution in [2.45, 2.75) is 25.2 Å². The smallest absolute Gasteiger partial charge is 0.416 e. The first-order valence-electron chi connectivity index (χ1n) is 4.96. The summed E-state index contributed by atoms with van der Waals surface area (Å²) in [5.41, 5.74) is 4.23. The third kappa shape index (κ3) is 3.10. The van der Waals surface area contributed by atoms with E-state index in [0.29, 0.717) is 0 Å². The highest BCUT2D eigenvalue weighted by molar-refractivity contribution is 5.39. The van der Waals surface area contributed by atoms with Crippen LogP contribution in [0.3, 0.4) is 0 Å². The Bertz CT molecular complexity index is 391. The van der Waals surface area contributed by atoms with Crippen LogP contribution in [0, 0.1) is 0 Å². The van der Waals surface area contributed by atoms with Gasteiger partial charge in [-0.3, -0.25) is 0 Å². The molecule has 0 aliphatic heterocycles. The zero-order chi connectivity index (χ0) is 13.2. The van der Waals surface area contributed by atoms with E-state index in [1.165, 1.54) is 26.2 Å². The summed E-state index contributed by atoms with van der Waals surface area (Å²) >= 11 is 0. The van der Waals surface area contributed by atoms with Gasteiger partial charge in [0.15, 0.2) is 0 Å². The highest BCUT2D eigenvalue weighted by Gasteiger charge is 2.36. The van der Waals surface area contributed by atoms with Crippen molar-refractivity contribution in [1.82, 2.24) is 0 Å². The van der Waals surface area contributed by atoms with E-state index in [2.05, 4.69) is 0 Å². The average molecular weight is 249 g/mol. The Morgan fingerprint density at radius 2 is 1.94 bits per heavy atom. The maximum Gasteiger partial charge on any atom is 0.416 e. The van der Waals surface area contributed by atoms with Crippen molar-refractivity contribution in [2.24, 2.45) is 5.73 Å². The molecule has 0 radical (unpaired) electrons. The van der Waals surface area contributed by atoms with E-state index in [0.717, 1.165) is 6.07 Å². The normalized spacial score (nSPS) is 15.5. The standard InChI is InChI=1S/C11H14F3NO2/c1-6(15)10(16)8-4-3-7(17-2)5-9(8)11(12,13)14/h3-6,10,16H,15H2,1-2H3/t6-,10-/m0/s1. The third-order valence-electron chi connectivity index (χ3n) is 2.38. The Kier molecular flexibility index (Phi) is 4.00. The first-order valence-corrected chi connectivity index (χ1v) is 4.96. The van der Waals surface area contributed by atoms with Crippen LogP contribution in [0.15, 0.2) is 18.2 Å². The van der Waals surface area contributed by atoms with E-state index in [4.69, 9.17) is 10.5 Å². The molecule has 1 rings (SSSR count). The quantitative estimate of drug-likeness (QED) is 0.862. The molecule has 0 saturated carbocycles. The molecule has 0 spiro atoms. The Morgan fingerprint density at radius 3 is 2.35 bits per heavy atom. The van der Waals surface area contributed by atoms with Gasteiger partial charge in [0.1, 0.15) is 5.75 Å². The van der Waals surface area contributed by atoms with Crippen LogP contribution in [-0.4, -0.2) is 18.3 Å². The summed E-state index contributed by atoms with van der Waals surface area (Å²) in [7, 11) is 1.27. The number of benzene rings is 1. The van der Waals surface area contributed by atoms with E-state index in [-0.39, 0.29) is 11.3 Å². The van der Waals surface area contributed by atoms with Gasteiger partial charge in [-0.1, -0.05) is 6.07 Å². The maximum atomic E-state index is 12.8. The molecule has 17 heavy (non-hydrogen) atoms. The number of halogens is 3. The van der Waals surface area contributed by atoms with Gasteiger partial charge < -0.3 is 15.6 Å². The molecule has 6 heteroatoms. The molecule has 1 aromatic rings. The number of methoxy groups -OCH3 is 1. The molecule has 0 unspecified atom stereocenters. The van der Waals surface area contributed by atoms with Gasteiger partial charge in [-0.2, -0.15) is 13.2 Å². The average Bonchev–Trinajstić information content (AvgIpc) is 2.26. The molecule has 1 aromatic carbocycles. The topological polar surface area (TPSA) is 55.5 Å². The SMILES string of the molecule is COc1ccc([C@@H](O)[C@H](C)N)c(C(F)(F)F)c1. The Balaban J connectivity index is 3.30. The van der Waals surface area contributed by atoms with E-state index in [9.17, 15) is 18.3 Å². The summed E-state index contributed by atoms with van der Waals surface area (Å²) in [5.74, 6) is 0.0814. The lowest BCUT2D eigenvalue weighted by molar-refractivity contribution is -0.139. The Labute approximate surface area is 97.0 Å². The van der Waals surface area contributed by atoms with E-state index >= 15 is 0 Å². The minimum absolute atomic E-state index is 0.0814. The number of aliphatic hydroxyl groups excluding tert-OH is 1. The summed E-state index contributed by atoms with van der Waals surface area (Å²) in [6, 6.07) is 2.59. The highest BCUT2D eigenvalue weighted by Crippen LogP contribution is 2.37.